The van der Waals surface area contributed by atoms with Crippen molar-refractivity contribution in [3.8, 4) is 34.3 Å². The third kappa shape index (κ3) is 4.37. The van der Waals surface area contributed by atoms with Crippen molar-refractivity contribution in [1.29, 1.82) is 5.26 Å². The average Bonchev–Trinajstić information content (AvgIpc) is 3.34. The molecule has 0 saturated carbocycles. The second-order valence-corrected chi connectivity index (χ2v) is 7.94. The predicted molar refractivity (Wildman–Crippen MR) is 121 cm³/mol. The highest BCUT2D eigenvalue weighted by molar-refractivity contribution is 5.78. The fourth-order valence-electron chi connectivity index (χ4n) is 4.14. The first-order valence-corrected chi connectivity index (χ1v) is 10.6. The number of nitrogens with one attached hydrogen (secondary N) is 1. The lowest BCUT2D eigenvalue weighted by Crippen LogP contribution is -2.26. The largest absolute Gasteiger partial charge is 0.497 e. The van der Waals surface area contributed by atoms with Crippen molar-refractivity contribution < 1.29 is 4.74 Å². The molecule has 0 spiro atoms. The molecule has 0 bridgehead atoms. The maximum atomic E-state index is 13.2. The summed E-state index contributed by atoms with van der Waals surface area (Å²) in [4.78, 5) is 18.1. The van der Waals surface area contributed by atoms with Crippen LogP contribution >= 0.6 is 0 Å². The number of hydrogen-bond donors (Lipinski definition) is 1. The molecule has 1 fully saturated rings. The summed E-state index contributed by atoms with van der Waals surface area (Å²) in [7, 11) is 3.43. The zero-order valence-electron chi connectivity index (χ0n) is 17.9. The molecular weight excluding hydrogens is 388 g/mol. The van der Waals surface area contributed by atoms with Crippen LogP contribution in [0, 0.1) is 17.2 Å². The quantitative estimate of drug-likeness (QED) is 0.667. The lowest BCUT2D eigenvalue weighted by atomic mass is 9.99. The molecule has 1 aromatic heterocycles. The van der Waals surface area contributed by atoms with Gasteiger partial charge in [0.1, 0.15) is 11.4 Å². The topological polar surface area (TPSA) is 79.9 Å². The molecule has 3 aromatic rings. The van der Waals surface area contributed by atoms with E-state index >= 15 is 0 Å². The number of benzene rings is 2. The number of methoxy groups -OCH3 is 1. The molecule has 1 aliphatic heterocycles. The summed E-state index contributed by atoms with van der Waals surface area (Å²) >= 11 is 0. The Morgan fingerprint density at radius 3 is 2.48 bits per heavy atom. The van der Waals surface area contributed by atoms with Crippen LogP contribution in [0.2, 0.25) is 0 Å². The second-order valence-electron chi connectivity index (χ2n) is 7.94. The Labute approximate surface area is 182 Å². The summed E-state index contributed by atoms with van der Waals surface area (Å²) in [6.07, 6.45) is 2.75. The Balaban J connectivity index is 1.82. The number of hydrogen-bond acceptors (Lipinski definition) is 5. The van der Waals surface area contributed by atoms with Gasteiger partial charge >= 0.3 is 0 Å². The molecule has 6 nitrogen and oxygen atoms in total. The molecule has 2 heterocycles. The van der Waals surface area contributed by atoms with Crippen molar-refractivity contribution in [3.05, 3.63) is 70.1 Å². The van der Waals surface area contributed by atoms with Crippen LogP contribution in [0.1, 0.15) is 24.1 Å². The second kappa shape index (κ2) is 9.15. The van der Waals surface area contributed by atoms with Gasteiger partial charge in [0.25, 0.3) is 5.56 Å². The summed E-state index contributed by atoms with van der Waals surface area (Å²) in [5, 5.41) is 12.5. The van der Waals surface area contributed by atoms with Crippen molar-refractivity contribution in [2.45, 2.75) is 19.3 Å². The van der Waals surface area contributed by atoms with Crippen LogP contribution in [0.15, 0.2) is 53.3 Å². The predicted octanol–water partition coefficient (Wildman–Crippen LogP) is 3.54. The molecule has 0 amide bonds. The van der Waals surface area contributed by atoms with Gasteiger partial charge in [0.2, 0.25) is 0 Å². The normalized spacial score (nSPS) is 15.6. The van der Waals surface area contributed by atoms with Gasteiger partial charge in [-0.15, -0.1) is 0 Å². The molecular formula is C25H26N4O2. The van der Waals surface area contributed by atoms with Crippen molar-refractivity contribution in [2.24, 2.45) is 13.0 Å². The molecule has 31 heavy (non-hydrogen) atoms. The molecule has 1 aliphatic rings. The van der Waals surface area contributed by atoms with Crippen molar-refractivity contribution in [3.63, 3.8) is 0 Å². The molecule has 0 unspecified atom stereocenters. The Morgan fingerprint density at radius 2 is 1.87 bits per heavy atom. The van der Waals surface area contributed by atoms with Gasteiger partial charge in [-0.3, -0.25) is 4.79 Å². The van der Waals surface area contributed by atoms with Gasteiger partial charge in [-0.1, -0.05) is 12.1 Å². The van der Waals surface area contributed by atoms with Crippen LogP contribution in [-0.4, -0.2) is 29.8 Å². The molecule has 2 aromatic carbocycles. The van der Waals surface area contributed by atoms with E-state index in [1.807, 2.05) is 36.4 Å². The van der Waals surface area contributed by atoms with Crippen molar-refractivity contribution in [2.75, 3.05) is 20.2 Å². The Bertz CT molecular complexity index is 1150. The SMILES string of the molecule is COc1ccc(-c2c(-c3ccc(C#N)cc3)nc(CC[C@@H]3CCNC3)c(=O)n2C)cc1. The third-order valence-corrected chi connectivity index (χ3v) is 5.96. The Morgan fingerprint density at radius 1 is 1.16 bits per heavy atom. The molecule has 4 rings (SSSR count). The summed E-state index contributed by atoms with van der Waals surface area (Å²) in [6.45, 7) is 2.05. The highest BCUT2D eigenvalue weighted by atomic mass is 16.5. The molecule has 0 aliphatic carbocycles. The molecule has 158 valence electrons. The van der Waals surface area contributed by atoms with E-state index < -0.39 is 0 Å². The fraction of sp³-hybridized carbons (Fsp3) is 0.320. The third-order valence-electron chi connectivity index (χ3n) is 5.96. The van der Waals surface area contributed by atoms with E-state index in [0.717, 1.165) is 54.2 Å². The van der Waals surface area contributed by atoms with Gasteiger partial charge in [0.15, 0.2) is 0 Å². The monoisotopic (exact) mass is 414 g/mol. The number of nitrogens with zero attached hydrogens (tertiary/aromatic N) is 3. The van der Waals surface area contributed by atoms with Crippen LogP contribution in [0.3, 0.4) is 0 Å². The Kier molecular flexibility index (Phi) is 6.15. The number of ether oxygens (including phenoxy) is 1. The van der Waals surface area contributed by atoms with Crippen LogP contribution in [0.5, 0.6) is 5.75 Å². The molecule has 1 N–H and O–H groups in total. The standard InChI is InChI=1S/C25H26N4O2/c1-29-24(20-8-10-21(31-2)11-9-20)23(19-6-3-17(15-26)4-7-19)28-22(25(29)30)12-5-18-13-14-27-16-18/h3-4,6-11,18,27H,5,12-14,16H2,1-2H3/t18-/m1/s1. The van der Waals surface area contributed by atoms with E-state index in [-0.39, 0.29) is 5.56 Å². The summed E-state index contributed by atoms with van der Waals surface area (Å²) < 4.78 is 6.98. The van der Waals surface area contributed by atoms with E-state index in [4.69, 9.17) is 15.0 Å². The lowest BCUT2D eigenvalue weighted by Gasteiger charge is -2.17. The zero-order chi connectivity index (χ0) is 21.8. The van der Waals surface area contributed by atoms with E-state index in [2.05, 4.69) is 11.4 Å². The van der Waals surface area contributed by atoms with Crippen LogP contribution in [-0.2, 0) is 13.5 Å². The maximum absolute atomic E-state index is 13.2. The highest BCUT2D eigenvalue weighted by Crippen LogP contribution is 2.31. The number of aryl methyl sites for hydroxylation is 1. The van der Waals surface area contributed by atoms with Gasteiger partial charge in [-0.2, -0.15) is 5.26 Å². The highest BCUT2D eigenvalue weighted by Gasteiger charge is 2.20. The van der Waals surface area contributed by atoms with Crippen molar-refractivity contribution >= 4 is 0 Å². The van der Waals surface area contributed by atoms with Crippen LogP contribution < -0.4 is 15.6 Å². The number of aromatic nitrogens is 2. The van der Waals surface area contributed by atoms with Crippen LogP contribution in [0.25, 0.3) is 22.5 Å². The molecule has 6 heteroatoms. The van der Waals surface area contributed by atoms with Crippen molar-refractivity contribution in [1.82, 2.24) is 14.9 Å². The van der Waals surface area contributed by atoms with E-state index in [9.17, 15) is 4.79 Å². The fourth-order valence-corrected chi connectivity index (χ4v) is 4.14. The smallest absolute Gasteiger partial charge is 0.272 e. The molecule has 1 atom stereocenters. The summed E-state index contributed by atoms with van der Waals surface area (Å²) in [6, 6.07) is 17.1. The summed E-state index contributed by atoms with van der Waals surface area (Å²) in [5.74, 6) is 1.34. The van der Waals surface area contributed by atoms with Gasteiger partial charge in [-0.05, 0) is 74.7 Å². The first kappa shape index (κ1) is 20.8. The lowest BCUT2D eigenvalue weighted by molar-refractivity contribution is 0.415. The average molecular weight is 415 g/mol. The van der Waals surface area contributed by atoms with Crippen LogP contribution in [0.4, 0.5) is 0 Å². The minimum Gasteiger partial charge on any atom is -0.497 e. The van der Waals surface area contributed by atoms with E-state index in [1.54, 1.807) is 30.9 Å². The molecule has 0 radical (unpaired) electrons. The van der Waals surface area contributed by atoms with Gasteiger partial charge < -0.3 is 14.6 Å². The van der Waals surface area contributed by atoms with Gasteiger partial charge in [0.05, 0.1) is 30.1 Å². The van der Waals surface area contributed by atoms with Gasteiger partial charge in [-0.25, -0.2) is 4.98 Å². The first-order chi connectivity index (χ1) is 15.1. The first-order valence-electron chi connectivity index (χ1n) is 10.6. The van der Waals surface area contributed by atoms with E-state index in [0.29, 0.717) is 23.6 Å². The zero-order valence-corrected chi connectivity index (χ0v) is 17.9. The van der Waals surface area contributed by atoms with Gasteiger partial charge in [0, 0.05) is 18.2 Å². The Hall–Kier alpha value is -3.43. The van der Waals surface area contributed by atoms with E-state index in [1.165, 1.54) is 0 Å². The number of nitriles is 1. The molecule has 1 saturated heterocycles. The summed E-state index contributed by atoms with van der Waals surface area (Å²) in [5.41, 5.74) is 4.39. The maximum Gasteiger partial charge on any atom is 0.272 e. The number of rotatable bonds is 6. The minimum atomic E-state index is -0.0610. The minimum absolute atomic E-state index is 0.0610.